The average Bonchev–Trinajstić information content (AvgIpc) is 3.08. The van der Waals surface area contributed by atoms with Gasteiger partial charge in [0.25, 0.3) is 5.91 Å². The number of nitrogens with zero attached hydrogens (tertiary/aromatic N) is 3. The van der Waals surface area contributed by atoms with Gasteiger partial charge in [0.15, 0.2) is 5.11 Å². The molecule has 0 saturated carbocycles. The van der Waals surface area contributed by atoms with E-state index in [-0.39, 0.29) is 18.2 Å². The molecule has 10 heteroatoms. The zero-order valence-corrected chi connectivity index (χ0v) is 21.9. The van der Waals surface area contributed by atoms with E-state index in [9.17, 15) is 14.0 Å². The normalized spacial score (nSPS) is 19.2. The summed E-state index contributed by atoms with van der Waals surface area (Å²) in [5, 5.41) is 3.44. The summed E-state index contributed by atoms with van der Waals surface area (Å²) in [6.45, 7) is 5.53. The van der Waals surface area contributed by atoms with Crippen LogP contribution in [-0.2, 0) is 9.59 Å². The van der Waals surface area contributed by atoms with Crippen molar-refractivity contribution in [3.63, 3.8) is 0 Å². The number of halogens is 2. The summed E-state index contributed by atoms with van der Waals surface area (Å²) in [6.07, 6.45) is 2.19. The number of ether oxygens (including phenoxy) is 1. The molecule has 2 heterocycles. The van der Waals surface area contributed by atoms with Crippen LogP contribution in [0.5, 0.6) is 5.75 Å². The van der Waals surface area contributed by atoms with E-state index >= 15 is 0 Å². The number of thiocarbonyl (C=S) groups is 1. The lowest BCUT2D eigenvalue weighted by Crippen LogP contribution is -2.44. The maximum Gasteiger partial charge on any atom is 0.256 e. The van der Waals surface area contributed by atoms with E-state index in [4.69, 9.17) is 28.6 Å². The number of likely N-dealkylation sites (tertiary alicyclic amines) is 1. The molecule has 192 valence electrons. The molecule has 2 aromatic rings. The van der Waals surface area contributed by atoms with Crippen LogP contribution in [0.2, 0.25) is 5.02 Å². The highest BCUT2D eigenvalue weighted by Gasteiger charge is 2.44. The molecule has 2 aliphatic heterocycles. The summed E-state index contributed by atoms with van der Waals surface area (Å²) in [6, 6.07) is 9.78. The molecule has 36 heavy (non-hydrogen) atoms. The van der Waals surface area contributed by atoms with Gasteiger partial charge in [-0.25, -0.2) is 4.39 Å². The lowest BCUT2D eigenvalue weighted by Gasteiger charge is -2.32. The third-order valence-electron chi connectivity index (χ3n) is 6.75. The van der Waals surface area contributed by atoms with Crippen LogP contribution in [-0.4, -0.2) is 66.1 Å². The van der Waals surface area contributed by atoms with Crippen molar-refractivity contribution < 1.29 is 18.7 Å². The summed E-state index contributed by atoms with van der Waals surface area (Å²) in [5.41, 5.74) is 0.983. The molecular formula is C26H30ClFN4O3S. The van der Waals surface area contributed by atoms with Gasteiger partial charge in [-0.3, -0.25) is 14.5 Å². The van der Waals surface area contributed by atoms with Gasteiger partial charge in [0, 0.05) is 18.8 Å². The fourth-order valence-corrected chi connectivity index (χ4v) is 5.24. The Bertz CT molecular complexity index is 1120. The van der Waals surface area contributed by atoms with E-state index in [1.54, 1.807) is 18.2 Å². The van der Waals surface area contributed by atoms with E-state index in [2.05, 4.69) is 17.1 Å². The van der Waals surface area contributed by atoms with Gasteiger partial charge in [0.1, 0.15) is 17.6 Å². The summed E-state index contributed by atoms with van der Waals surface area (Å²) in [5.74, 6) is 0.173. The van der Waals surface area contributed by atoms with Crippen LogP contribution in [0.1, 0.15) is 26.2 Å². The largest absolute Gasteiger partial charge is 0.495 e. The Hall–Kier alpha value is -2.75. The number of anilines is 2. The first-order valence-corrected chi connectivity index (χ1v) is 12.8. The number of rotatable bonds is 8. The molecule has 2 fully saturated rings. The van der Waals surface area contributed by atoms with Gasteiger partial charge < -0.3 is 19.9 Å². The minimum atomic E-state index is -0.762. The lowest BCUT2D eigenvalue weighted by molar-refractivity contribution is -0.124. The molecular weight excluding hydrogens is 503 g/mol. The van der Waals surface area contributed by atoms with E-state index in [0.717, 1.165) is 32.5 Å². The van der Waals surface area contributed by atoms with Crippen molar-refractivity contribution in [1.82, 2.24) is 9.80 Å². The summed E-state index contributed by atoms with van der Waals surface area (Å²) < 4.78 is 18.5. The average molecular weight is 533 g/mol. The number of piperidine rings is 1. The van der Waals surface area contributed by atoms with Crippen LogP contribution in [0.15, 0.2) is 42.5 Å². The van der Waals surface area contributed by atoms with Gasteiger partial charge in [-0.1, -0.05) is 18.5 Å². The number of benzene rings is 2. The molecule has 0 radical (unpaired) electrons. The van der Waals surface area contributed by atoms with Crippen molar-refractivity contribution in [2.45, 2.75) is 32.2 Å². The number of carbonyl (C=O) groups excluding carboxylic acids is 2. The van der Waals surface area contributed by atoms with Crippen molar-refractivity contribution in [2.75, 3.05) is 43.5 Å². The highest BCUT2D eigenvalue weighted by Crippen LogP contribution is 2.33. The lowest BCUT2D eigenvalue weighted by atomic mass is 9.99. The monoisotopic (exact) mass is 532 g/mol. The van der Waals surface area contributed by atoms with Crippen molar-refractivity contribution in [2.24, 2.45) is 5.92 Å². The zero-order valence-electron chi connectivity index (χ0n) is 20.4. The Labute approximate surface area is 221 Å². The van der Waals surface area contributed by atoms with Crippen molar-refractivity contribution in [3.8, 4) is 5.75 Å². The van der Waals surface area contributed by atoms with E-state index in [1.165, 1.54) is 36.3 Å². The minimum Gasteiger partial charge on any atom is -0.495 e. The van der Waals surface area contributed by atoms with Crippen molar-refractivity contribution >= 4 is 52.1 Å². The third-order valence-corrected chi connectivity index (χ3v) is 7.46. The van der Waals surface area contributed by atoms with Crippen molar-refractivity contribution in [3.05, 3.63) is 53.3 Å². The highest BCUT2D eigenvalue weighted by atomic mass is 35.5. The zero-order chi connectivity index (χ0) is 25.8. The second-order valence-corrected chi connectivity index (χ2v) is 10.0. The van der Waals surface area contributed by atoms with Crippen LogP contribution < -0.4 is 15.0 Å². The Morgan fingerprint density at radius 1 is 1.17 bits per heavy atom. The Morgan fingerprint density at radius 3 is 2.50 bits per heavy atom. The van der Waals surface area contributed by atoms with Crippen LogP contribution >= 0.6 is 23.8 Å². The Balaban J connectivity index is 1.53. The smallest absolute Gasteiger partial charge is 0.256 e. The second kappa shape index (κ2) is 11.5. The van der Waals surface area contributed by atoms with Gasteiger partial charge in [-0.15, -0.1) is 0 Å². The number of amides is 2. The fourth-order valence-electron chi connectivity index (χ4n) is 4.58. The number of hydrogen-bond acceptors (Lipinski definition) is 5. The first-order valence-electron chi connectivity index (χ1n) is 12.0. The van der Waals surface area contributed by atoms with Crippen molar-refractivity contribution in [1.29, 1.82) is 0 Å². The molecule has 2 aromatic carbocycles. The predicted octanol–water partition coefficient (Wildman–Crippen LogP) is 4.55. The van der Waals surface area contributed by atoms with Crippen LogP contribution in [0.25, 0.3) is 0 Å². The topological polar surface area (TPSA) is 65.1 Å². The number of nitrogens with one attached hydrogen (secondary N) is 1. The summed E-state index contributed by atoms with van der Waals surface area (Å²) >= 11 is 12.1. The first-order chi connectivity index (χ1) is 17.3. The molecule has 0 unspecified atom stereocenters. The van der Waals surface area contributed by atoms with E-state index in [0.29, 0.717) is 39.7 Å². The van der Waals surface area contributed by atoms with Crippen LogP contribution in [0, 0.1) is 11.7 Å². The quantitative estimate of drug-likeness (QED) is 0.503. The molecule has 2 aliphatic rings. The molecule has 1 N–H and O–H groups in total. The SMILES string of the molecule is COc1ccc(N2C(=O)[C@H](CC(=O)Nc3ccc(F)cc3)N(CCN3CCC(C)CC3)C2=S)cc1Cl. The van der Waals surface area contributed by atoms with Gasteiger partial charge in [-0.2, -0.15) is 0 Å². The summed E-state index contributed by atoms with van der Waals surface area (Å²) in [4.78, 5) is 32.1. The Morgan fingerprint density at radius 2 is 1.86 bits per heavy atom. The third kappa shape index (κ3) is 5.96. The van der Waals surface area contributed by atoms with E-state index in [1.807, 2.05) is 4.90 Å². The molecule has 2 amide bonds. The molecule has 4 rings (SSSR count). The molecule has 0 aliphatic carbocycles. The van der Waals surface area contributed by atoms with Gasteiger partial charge >= 0.3 is 0 Å². The second-order valence-electron chi connectivity index (χ2n) is 9.27. The fraction of sp³-hybridized carbons (Fsp3) is 0.423. The summed E-state index contributed by atoms with van der Waals surface area (Å²) in [7, 11) is 1.52. The standard InChI is InChI=1S/C26H30ClFN4O3S/c1-17-9-11-30(12-10-17)13-14-31-22(16-24(33)29-19-5-3-18(28)4-6-19)25(34)32(26(31)36)20-7-8-23(35-2)21(27)15-20/h3-8,15,17,22H,9-14,16H2,1-2H3,(H,29,33)/t22-/m0/s1. The highest BCUT2D eigenvalue weighted by molar-refractivity contribution is 7.80. The molecule has 0 aromatic heterocycles. The molecule has 2 saturated heterocycles. The van der Waals surface area contributed by atoms with E-state index < -0.39 is 11.9 Å². The predicted molar refractivity (Wildman–Crippen MR) is 143 cm³/mol. The maximum absolute atomic E-state index is 13.6. The Kier molecular flexibility index (Phi) is 8.43. The van der Waals surface area contributed by atoms with Crippen LogP contribution in [0.4, 0.5) is 15.8 Å². The van der Waals surface area contributed by atoms with Gasteiger partial charge in [-0.05, 0) is 86.5 Å². The molecule has 1 atom stereocenters. The molecule has 7 nitrogen and oxygen atoms in total. The number of hydrogen-bond donors (Lipinski definition) is 1. The molecule has 0 bridgehead atoms. The van der Waals surface area contributed by atoms with Gasteiger partial charge in [0.2, 0.25) is 5.91 Å². The maximum atomic E-state index is 13.6. The van der Waals surface area contributed by atoms with Crippen LogP contribution in [0.3, 0.4) is 0 Å². The minimum absolute atomic E-state index is 0.0895. The number of methoxy groups -OCH3 is 1. The first kappa shape index (κ1) is 26.3. The van der Waals surface area contributed by atoms with Gasteiger partial charge in [0.05, 0.1) is 24.2 Å². The number of carbonyl (C=O) groups is 2. The molecule has 0 spiro atoms.